The Labute approximate surface area is 324 Å². The van der Waals surface area contributed by atoms with Crippen LogP contribution in [0.1, 0.15) is 90.1 Å². The molecule has 2 aromatic heterocycles. The van der Waals surface area contributed by atoms with Gasteiger partial charge >= 0.3 is 46.6 Å². The molecule has 4 heterocycles. The van der Waals surface area contributed by atoms with Crippen LogP contribution in [0.25, 0.3) is 6.08 Å². The summed E-state index contributed by atoms with van der Waals surface area (Å²) < 4.78 is 0. The molecule has 1 amide bonds. The fraction of sp³-hybridized carbons (Fsp3) is 0.344. The predicted molar refractivity (Wildman–Crippen MR) is 157 cm³/mol. The molecule has 12 heteroatoms. The van der Waals surface area contributed by atoms with Crippen molar-refractivity contribution < 1.29 is 83.2 Å². The molecule has 2 unspecified atom stereocenters. The van der Waals surface area contributed by atoms with Crippen LogP contribution in [0.4, 0.5) is 0 Å². The third-order valence-electron chi connectivity index (χ3n) is 8.47. The second-order valence-corrected chi connectivity index (χ2v) is 10.8. The Morgan fingerprint density at radius 1 is 1.18 bits per heavy atom. The molecule has 2 atom stereocenters. The third kappa shape index (κ3) is 7.47. The van der Waals surface area contributed by atoms with E-state index in [4.69, 9.17) is 0 Å². The van der Waals surface area contributed by atoms with Crippen molar-refractivity contribution in [3.63, 3.8) is 0 Å². The predicted octanol–water partition coefficient (Wildman–Crippen LogP) is 0.320. The number of hydrogen-bond acceptors (Lipinski definition) is 6. The second kappa shape index (κ2) is 16.5. The average molecular weight is 712 g/mol. The quantitative estimate of drug-likeness (QED) is 0.268. The number of aromatic amines is 1. The van der Waals surface area contributed by atoms with Gasteiger partial charge in [0.2, 0.25) is 0 Å². The molecule has 44 heavy (non-hydrogen) atoms. The number of carboxylic acids is 1. The molecule has 3 aliphatic rings. The number of allylic oxidation sites excluding steroid dienone is 2. The fourth-order valence-corrected chi connectivity index (χ4v) is 6.24. The summed E-state index contributed by atoms with van der Waals surface area (Å²) in [4.78, 5) is 44.6. The number of aryl methyl sites for hydroxylation is 1. The Balaban J connectivity index is 0.00000242. The van der Waals surface area contributed by atoms with E-state index in [1.807, 2.05) is 19.9 Å². The Kier molecular flexibility index (Phi) is 15.3. The van der Waals surface area contributed by atoms with Crippen molar-refractivity contribution in [3.05, 3.63) is 97.9 Å². The van der Waals surface area contributed by atoms with E-state index in [-0.39, 0.29) is 123 Å². The molecule has 2 aliphatic heterocycles. The number of H-pyrrole nitrogens is 1. The molecule has 5 rings (SSSR count). The SMILES string of the molecule is C=CC1=C(C)C(=O)N/C1=C/C1N/C(=C/c2[nH]c3c(c2C)C(=O)CC3c2n[cH-]c(C)c2CCC(=O)[O-])C(CC)=C1C.[Cu+].[Cu].[Na+].[Na]. The number of nitrogens with zero attached hydrogens (tertiary/aromatic N) is 1. The first-order valence-electron chi connectivity index (χ1n) is 13.7. The van der Waals surface area contributed by atoms with Gasteiger partial charge in [-0.1, -0.05) is 39.1 Å². The summed E-state index contributed by atoms with van der Waals surface area (Å²) in [6.07, 6.45) is 8.90. The molecule has 0 fully saturated rings. The summed E-state index contributed by atoms with van der Waals surface area (Å²) >= 11 is 0. The molecule has 0 saturated heterocycles. The third-order valence-corrected chi connectivity index (χ3v) is 8.47. The maximum atomic E-state index is 13.2. The molecule has 0 bridgehead atoms. The molecular weight excluding hydrogens is 677 g/mol. The maximum Gasteiger partial charge on any atom is 1.00 e. The van der Waals surface area contributed by atoms with E-state index in [0.717, 1.165) is 57.2 Å². The van der Waals surface area contributed by atoms with Crippen molar-refractivity contribution in [2.45, 2.75) is 72.3 Å². The van der Waals surface area contributed by atoms with Crippen molar-refractivity contribution in [1.82, 2.24) is 20.6 Å². The smallest absolute Gasteiger partial charge is 0.550 e. The second-order valence-electron chi connectivity index (χ2n) is 10.8. The van der Waals surface area contributed by atoms with Gasteiger partial charge in [-0.05, 0) is 68.4 Å². The van der Waals surface area contributed by atoms with Crippen LogP contribution in [0.2, 0.25) is 0 Å². The number of carboxylic acid groups (broad SMARTS) is 1. The monoisotopic (exact) mass is 710 g/mol. The van der Waals surface area contributed by atoms with Gasteiger partial charge in [-0.25, -0.2) is 0 Å². The summed E-state index contributed by atoms with van der Waals surface area (Å²) in [5.74, 6) is -1.39. The number of ketones is 1. The summed E-state index contributed by atoms with van der Waals surface area (Å²) in [5, 5.41) is 17.7. The number of carbonyl (C=O) groups excluding carboxylic acids is 3. The van der Waals surface area contributed by atoms with Gasteiger partial charge in [-0.3, -0.25) is 9.59 Å². The first-order valence-corrected chi connectivity index (χ1v) is 13.7. The van der Waals surface area contributed by atoms with Gasteiger partial charge in [0.15, 0.2) is 5.78 Å². The van der Waals surface area contributed by atoms with E-state index in [1.54, 1.807) is 19.2 Å². The van der Waals surface area contributed by atoms with Crippen molar-refractivity contribution in [2.24, 2.45) is 0 Å². The van der Waals surface area contributed by atoms with Crippen molar-refractivity contribution >= 4 is 53.3 Å². The van der Waals surface area contributed by atoms with Crippen LogP contribution in [-0.4, -0.2) is 63.2 Å². The number of nitrogens with one attached hydrogen (secondary N) is 3. The van der Waals surface area contributed by atoms with Crippen LogP contribution in [0.15, 0.2) is 58.6 Å². The van der Waals surface area contributed by atoms with Crippen LogP contribution in [0, 0.1) is 13.8 Å². The van der Waals surface area contributed by atoms with Gasteiger partial charge in [0, 0.05) is 98.5 Å². The number of hydrogen-bond donors (Lipinski definition) is 3. The number of fused-ring (bicyclic) bond motifs is 1. The van der Waals surface area contributed by atoms with Crippen molar-refractivity contribution in [3.8, 4) is 0 Å². The summed E-state index contributed by atoms with van der Waals surface area (Å²) in [6, 6.07) is -0.100. The van der Waals surface area contributed by atoms with Gasteiger partial charge in [-0.15, -0.1) is 11.3 Å². The van der Waals surface area contributed by atoms with Gasteiger partial charge < -0.3 is 30.5 Å². The van der Waals surface area contributed by atoms with Crippen LogP contribution in [-0.2, 0) is 50.1 Å². The number of aliphatic carboxylic acids is 1. The first-order chi connectivity index (χ1) is 19.0. The minimum absolute atomic E-state index is 0. The number of Topliss-reactive ketones (excluding diaryl/α,β-unsaturated/α-hetero) is 1. The molecule has 230 valence electrons. The largest absolute Gasteiger partial charge is 1.00 e. The Bertz CT molecular complexity index is 1610. The molecule has 0 aromatic carbocycles. The molecule has 2 aromatic rings. The number of rotatable bonds is 8. The van der Waals surface area contributed by atoms with E-state index in [2.05, 4.69) is 47.1 Å². The van der Waals surface area contributed by atoms with Crippen LogP contribution in [0.3, 0.4) is 0 Å². The van der Waals surface area contributed by atoms with Gasteiger partial charge in [0.1, 0.15) is 0 Å². The van der Waals surface area contributed by atoms with E-state index < -0.39 is 5.97 Å². The zero-order valence-electron chi connectivity index (χ0n) is 26.2. The van der Waals surface area contributed by atoms with Gasteiger partial charge in [-0.2, -0.15) is 5.56 Å². The molecule has 0 spiro atoms. The van der Waals surface area contributed by atoms with Crippen molar-refractivity contribution in [2.75, 3.05) is 0 Å². The molecule has 0 saturated carbocycles. The molecule has 2 radical (unpaired) electrons. The van der Waals surface area contributed by atoms with Gasteiger partial charge in [0.05, 0.1) is 6.04 Å². The minimum Gasteiger partial charge on any atom is -0.550 e. The van der Waals surface area contributed by atoms with Crippen LogP contribution in [0.5, 0.6) is 0 Å². The van der Waals surface area contributed by atoms with E-state index in [9.17, 15) is 19.5 Å². The van der Waals surface area contributed by atoms with E-state index >= 15 is 0 Å². The summed E-state index contributed by atoms with van der Waals surface area (Å²) in [6.45, 7) is 13.7. The number of aromatic nitrogens is 2. The molecule has 3 N–H and O–H groups in total. The topological polar surface area (TPSA) is 127 Å². The van der Waals surface area contributed by atoms with Crippen molar-refractivity contribution in [1.29, 1.82) is 0 Å². The van der Waals surface area contributed by atoms with E-state index in [0.29, 0.717) is 24.0 Å². The Morgan fingerprint density at radius 2 is 1.86 bits per heavy atom. The van der Waals surface area contributed by atoms with Crippen LogP contribution >= 0.6 is 0 Å². The summed E-state index contributed by atoms with van der Waals surface area (Å²) in [7, 11) is 0. The average Bonchev–Trinajstić information content (AvgIpc) is 3.66. The normalized spacial score (nSPS) is 20.5. The minimum atomic E-state index is -1.10. The standard InChI is InChI=1S/C32H35N4O4.2Cu.2Na/c1-7-19-16(4)23(12-26-20(8-2)17(5)32(40)36-26)34-25(19)13-24-18(6)29-27(37)11-22(31(29)35-24)30-21(9-10-28(38)39)15(3)14-33-30;;;;/h8,12-14,22-23,34-35H,2,7,9-11H2,1,3-6H3,(H,36,40)(H,38,39);;;;/q-1;;+1;;+1/p-1/b25-13+,26-12+;;;;. The molecular formula is C32H34Cu2N4Na2O4. The number of carbonyl (C=O) groups is 3. The molecule has 1 aliphatic carbocycles. The Morgan fingerprint density at radius 3 is 2.48 bits per heavy atom. The van der Waals surface area contributed by atoms with Crippen LogP contribution < -0.4 is 45.3 Å². The zero-order valence-corrected chi connectivity index (χ0v) is 32.1. The maximum absolute atomic E-state index is 13.2. The first kappa shape index (κ1) is 40.7. The Hall–Kier alpha value is -1.29. The fourth-order valence-electron chi connectivity index (χ4n) is 6.24. The summed E-state index contributed by atoms with van der Waals surface area (Å²) in [5.41, 5.74) is 11.4. The van der Waals surface area contributed by atoms with E-state index in [1.165, 1.54) is 11.1 Å². The molecule has 8 nitrogen and oxygen atoms in total. The number of amides is 1. The zero-order chi connectivity index (χ0) is 28.9. The van der Waals surface area contributed by atoms with Gasteiger partial charge in [0.25, 0.3) is 5.91 Å².